The summed E-state index contributed by atoms with van der Waals surface area (Å²) in [7, 11) is 0. The van der Waals surface area contributed by atoms with Crippen LogP contribution in [-0.4, -0.2) is 43.1 Å². The van der Waals surface area contributed by atoms with Gasteiger partial charge in [0.1, 0.15) is 12.7 Å². The second-order valence-electron chi connectivity index (χ2n) is 4.49. The summed E-state index contributed by atoms with van der Waals surface area (Å²) >= 11 is 5.82. The summed E-state index contributed by atoms with van der Waals surface area (Å²) in [6.45, 7) is 5.61. The van der Waals surface area contributed by atoms with Gasteiger partial charge in [0.15, 0.2) is 11.5 Å². The van der Waals surface area contributed by atoms with Gasteiger partial charge in [-0.1, -0.05) is 19.1 Å². The lowest BCUT2D eigenvalue weighted by Crippen LogP contribution is -2.42. The minimum Gasteiger partial charge on any atom is -0.486 e. The lowest BCUT2D eigenvalue weighted by atomic mass is 10.2. The average Bonchev–Trinajstić information content (AvgIpc) is 2.39. The molecule has 1 heterocycles. The summed E-state index contributed by atoms with van der Waals surface area (Å²) in [5.41, 5.74) is 0. The largest absolute Gasteiger partial charge is 0.486 e. The molecule has 0 saturated carbocycles. The number of benzene rings is 1. The van der Waals surface area contributed by atoms with Crippen molar-refractivity contribution < 1.29 is 9.47 Å². The fourth-order valence-electron chi connectivity index (χ4n) is 2.17. The van der Waals surface area contributed by atoms with E-state index in [0.717, 1.165) is 37.6 Å². The summed E-state index contributed by atoms with van der Waals surface area (Å²) in [5.74, 6) is 2.34. The highest BCUT2D eigenvalue weighted by Gasteiger charge is 2.22. The molecular weight excluding hydrogens is 250 g/mol. The van der Waals surface area contributed by atoms with Crippen LogP contribution < -0.4 is 9.47 Å². The molecule has 0 N–H and O–H groups in total. The van der Waals surface area contributed by atoms with Gasteiger partial charge in [-0.05, 0) is 25.1 Å². The van der Waals surface area contributed by atoms with E-state index in [0.29, 0.717) is 12.5 Å². The molecule has 0 amide bonds. The molecule has 0 spiro atoms. The Hall–Kier alpha value is -0.930. The second-order valence-corrected chi connectivity index (χ2v) is 4.87. The van der Waals surface area contributed by atoms with E-state index in [4.69, 9.17) is 21.1 Å². The van der Waals surface area contributed by atoms with Crippen molar-refractivity contribution in [2.75, 3.05) is 32.1 Å². The molecule has 1 aromatic rings. The summed E-state index contributed by atoms with van der Waals surface area (Å²) < 4.78 is 11.7. The van der Waals surface area contributed by atoms with E-state index in [1.165, 1.54) is 0 Å². The van der Waals surface area contributed by atoms with Crippen molar-refractivity contribution >= 4 is 11.6 Å². The van der Waals surface area contributed by atoms with Gasteiger partial charge in [-0.2, -0.15) is 0 Å². The van der Waals surface area contributed by atoms with Gasteiger partial charge >= 0.3 is 0 Å². The minimum absolute atomic E-state index is 0.0923. The molecule has 2 rings (SSSR count). The molecule has 0 fully saturated rings. The van der Waals surface area contributed by atoms with Crippen molar-refractivity contribution in [1.82, 2.24) is 4.90 Å². The van der Waals surface area contributed by atoms with Crippen LogP contribution in [0.15, 0.2) is 24.3 Å². The second kappa shape index (κ2) is 6.86. The molecule has 3 nitrogen and oxygen atoms in total. The van der Waals surface area contributed by atoms with Crippen molar-refractivity contribution in [2.24, 2.45) is 0 Å². The van der Waals surface area contributed by atoms with Crippen molar-refractivity contribution in [3.63, 3.8) is 0 Å². The number of alkyl halides is 1. The van der Waals surface area contributed by atoms with Gasteiger partial charge in [0.25, 0.3) is 0 Å². The molecule has 0 aromatic heterocycles. The molecule has 1 atom stereocenters. The molecule has 100 valence electrons. The van der Waals surface area contributed by atoms with Gasteiger partial charge in [-0.15, -0.1) is 11.6 Å². The first kappa shape index (κ1) is 13.5. The van der Waals surface area contributed by atoms with Crippen LogP contribution in [0.3, 0.4) is 0 Å². The van der Waals surface area contributed by atoms with E-state index in [-0.39, 0.29) is 6.10 Å². The first-order chi connectivity index (χ1) is 8.83. The Balaban J connectivity index is 1.91. The minimum atomic E-state index is 0.0923. The lowest BCUT2D eigenvalue weighted by Gasteiger charge is -2.30. The van der Waals surface area contributed by atoms with Gasteiger partial charge in [0.05, 0.1) is 0 Å². The van der Waals surface area contributed by atoms with Crippen LogP contribution >= 0.6 is 11.6 Å². The smallest absolute Gasteiger partial charge is 0.161 e. The molecule has 4 heteroatoms. The third kappa shape index (κ3) is 3.53. The van der Waals surface area contributed by atoms with Crippen LogP contribution in [0.1, 0.15) is 13.3 Å². The number of hydrogen-bond acceptors (Lipinski definition) is 3. The van der Waals surface area contributed by atoms with Gasteiger partial charge in [-0.3, -0.25) is 4.90 Å². The van der Waals surface area contributed by atoms with Crippen molar-refractivity contribution in [1.29, 1.82) is 0 Å². The number of ether oxygens (including phenoxy) is 2. The number of hydrogen-bond donors (Lipinski definition) is 0. The summed E-state index contributed by atoms with van der Waals surface area (Å²) in [5, 5.41) is 0. The highest BCUT2D eigenvalue weighted by Crippen LogP contribution is 2.30. The third-order valence-electron chi connectivity index (χ3n) is 2.97. The highest BCUT2D eigenvalue weighted by atomic mass is 35.5. The Morgan fingerprint density at radius 2 is 2.06 bits per heavy atom. The van der Waals surface area contributed by atoms with E-state index >= 15 is 0 Å². The molecule has 0 radical (unpaired) electrons. The van der Waals surface area contributed by atoms with Crippen molar-refractivity contribution in [3.8, 4) is 11.5 Å². The zero-order valence-corrected chi connectivity index (χ0v) is 11.5. The van der Waals surface area contributed by atoms with E-state index in [2.05, 4.69) is 11.8 Å². The van der Waals surface area contributed by atoms with E-state index in [1.807, 2.05) is 24.3 Å². The number of fused-ring (bicyclic) bond motifs is 1. The quantitative estimate of drug-likeness (QED) is 0.742. The van der Waals surface area contributed by atoms with Crippen molar-refractivity contribution in [2.45, 2.75) is 19.4 Å². The molecule has 1 unspecified atom stereocenters. The Morgan fingerprint density at radius 1 is 1.28 bits per heavy atom. The first-order valence-electron chi connectivity index (χ1n) is 6.50. The van der Waals surface area contributed by atoms with E-state index in [1.54, 1.807) is 0 Å². The Labute approximate surface area is 114 Å². The standard InChI is InChI=1S/C14H20ClNO2/c1-2-8-16(9-7-15)10-12-11-17-13-5-3-4-6-14(13)18-12/h3-6,12H,2,7-11H2,1H3. The molecule has 1 aliphatic heterocycles. The third-order valence-corrected chi connectivity index (χ3v) is 3.14. The van der Waals surface area contributed by atoms with Gasteiger partial charge < -0.3 is 9.47 Å². The maximum absolute atomic E-state index is 5.95. The number of halogens is 1. The average molecular weight is 270 g/mol. The summed E-state index contributed by atoms with van der Waals surface area (Å²) in [4.78, 5) is 2.33. The SMILES string of the molecule is CCCN(CCCl)CC1COc2ccccc2O1. The topological polar surface area (TPSA) is 21.7 Å². The van der Waals surface area contributed by atoms with Gasteiger partial charge in [-0.25, -0.2) is 0 Å². The molecular formula is C14H20ClNO2. The van der Waals surface area contributed by atoms with Crippen LogP contribution in [0.5, 0.6) is 11.5 Å². The Morgan fingerprint density at radius 3 is 2.78 bits per heavy atom. The fraction of sp³-hybridized carbons (Fsp3) is 0.571. The number of rotatable bonds is 6. The Bertz CT molecular complexity index is 367. The van der Waals surface area contributed by atoms with Crippen molar-refractivity contribution in [3.05, 3.63) is 24.3 Å². The van der Waals surface area contributed by atoms with Gasteiger partial charge in [0.2, 0.25) is 0 Å². The van der Waals surface area contributed by atoms with E-state index in [9.17, 15) is 0 Å². The Kier molecular flexibility index (Phi) is 5.14. The van der Waals surface area contributed by atoms with Crippen LogP contribution in [0, 0.1) is 0 Å². The molecule has 1 aromatic carbocycles. The molecule has 18 heavy (non-hydrogen) atoms. The van der Waals surface area contributed by atoms with Crippen LogP contribution in [0.2, 0.25) is 0 Å². The number of nitrogens with zero attached hydrogens (tertiary/aromatic N) is 1. The maximum Gasteiger partial charge on any atom is 0.161 e. The molecule has 0 aliphatic carbocycles. The predicted molar refractivity (Wildman–Crippen MR) is 73.8 cm³/mol. The zero-order chi connectivity index (χ0) is 12.8. The molecule has 0 bridgehead atoms. The number of para-hydroxylation sites is 2. The van der Waals surface area contributed by atoms with E-state index < -0.39 is 0 Å². The van der Waals surface area contributed by atoms with Crippen LogP contribution in [0.4, 0.5) is 0 Å². The van der Waals surface area contributed by atoms with Crippen LogP contribution in [0.25, 0.3) is 0 Å². The monoisotopic (exact) mass is 269 g/mol. The van der Waals surface area contributed by atoms with Gasteiger partial charge in [0, 0.05) is 19.0 Å². The normalized spacial score (nSPS) is 18.1. The molecule has 1 aliphatic rings. The van der Waals surface area contributed by atoms with Crippen LogP contribution in [-0.2, 0) is 0 Å². The predicted octanol–water partition coefficient (Wildman–Crippen LogP) is 2.78. The highest BCUT2D eigenvalue weighted by molar-refractivity contribution is 6.18. The molecule has 0 saturated heterocycles. The maximum atomic E-state index is 5.95. The lowest BCUT2D eigenvalue weighted by molar-refractivity contribution is 0.0603. The zero-order valence-electron chi connectivity index (χ0n) is 10.8. The summed E-state index contributed by atoms with van der Waals surface area (Å²) in [6.07, 6.45) is 1.22. The summed E-state index contributed by atoms with van der Waals surface area (Å²) in [6, 6.07) is 7.81. The first-order valence-corrected chi connectivity index (χ1v) is 7.03. The fourth-order valence-corrected chi connectivity index (χ4v) is 2.41.